The molecule has 0 atom stereocenters. The Bertz CT molecular complexity index is 1070. The van der Waals surface area contributed by atoms with Gasteiger partial charge in [0.2, 0.25) is 0 Å². The van der Waals surface area contributed by atoms with E-state index in [9.17, 15) is 9.59 Å². The van der Waals surface area contributed by atoms with E-state index in [4.69, 9.17) is 16.3 Å². The molecule has 0 saturated carbocycles. The van der Waals surface area contributed by atoms with Crippen molar-refractivity contribution in [2.45, 2.75) is 20.4 Å². The summed E-state index contributed by atoms with van der Waals surface area (Å²) in [7, 11) is 1.48. The molecule has 0 radical (unpaired) electrons. The molecule has 3 rings (SSSR count). The van der Waals surface area contributed by atoms with Crippen LogP contribution in [0.1, 0.15) is 21.7 Å². The van der Waals surface area contributed by atoms with Crippen molar-refractivity contribution in [3.63, 3.8) is 0 Å². The second-order valence-corrected chi connectivity index (χ2v) is 6.63. The average molecular weight is 402 g/mol. The van der Waals surface area contributed by atoms with E-state index in [1.54, 1.807) is 22.9 Å². The number of benzene rings is 1. The summed E-state index contributed by atoms with van der Waals surface area (Å²) in [4.78, 5) is 24.5. The van der Waals surface area contributed by atoms with E-state index in [1.165, 1.54) is 23.9 Å². The number of carbonyl (C=O) groups excluding carboxylic acids is 1. The van der Waals surface area contributed by atoms with Crippen molar-refractivity contribution in [1.29, 1.82) is 0 Å². The van der Waals surface area contributed by atoms with Crippen molar-refractivity contribution >= 4 is 17.5 Å². The predicted molar refractivity (Wildman–Crippen MR) is 105 cm³/mol. The molecule has 0 unspecified atom stereocenters. The van der Waals surface area contributed by atoms with E-state index >= 15 is 0 Å². The molecule has 0 aliphatic heterocycles. The number of rotatable bonds is 6. The van der Waals surface area contributed by atoms with Gasteiger partial charge in [-0.25, -0.2) is 9.36 Å². The Morgan fingerprint density at radius 2 is 1.96 bits per heavy atom. The van der Waals surface area contributed by atoms with Gasteiger partial charge in [0.05, 0.1) is 24.9 Å². The van der Waals surface area contributed by atoms with Crippen LogP contribution in [0.4, 0.5) is 0 Å². The maximum absolute atomic E-state index is 12.4. The molecule has 9 heteroatoms. The zero-order valence-corrected chi connectivity index (χ0v) is 16.5. The van der Waals surface area contributed by atoms with E-state index in [0.717, 1.165) is 11.4 Å². The largest absolute Gasteiger partial charge is 0.496 e. The molecule has 0 aliphatic rings. The third-order valence-corrected chi connectivity index (χ3v) is 4.33. The summed E-state index contributed by atoms with van der Waals surface area (Å²) in [6.07, 6.45) is 0. The lowest BCUT2D eigenvalue weighted by atomic mass is 10.2. The summed E-state index contributed by atoms with van der Waals surface area (Å²) < 4.78 is 8.15. The fraction of sp³-hybridized carbons (Fsp3) is 0.263. The average Bonchev–Trinajstić information content (AvgIpc) is 3.01. The highest BCUT2D eigenvalue weighted by atomic mass is 35.5. The van der Waals surface area contributed by atoms with Gasteiger partial charge in [-0.2, -0.15) is 5.10 Å². The topological polar surface area (TPSA) is 91.0 Å². The number of hydrogen-bond acceptors (Lipinski definition) is 5. The highest BCUT2D eigenvalue weighted by Crippen LogP contribution is 2.22. The Morgan fingerprint density at radius 3 is 2.64 bits per heavy atom. The lowest BCUT2D eigenvalue weighted by Gasteiger charge is -2.11. The lowest BCUT2D eigenvalue weighted by molar-refractivity contribution is 0.0948. The van der Waals surface area contributed by atoms with Crippen LogP contribution in [0, 0.1) is 13.8 Å². The van der Waals surface area contributed by atoms with Crippen LogP contribution in [-0.2, 0) is 6.54 Å². The molecule has 1 amide bonds. The molecular formula is C19H20ClN5O3. The van der Waals surface area contributed by atoms with Gasteiger partial charge in [0.25, 0.3) is 11.5 Å². The second kappa shape index (κ2) is 8.26. The van der Waals surface area contributed by atoms with Gasteiger partial charge in [-0.1, -0.05) is 11.6 Å². The summed E-state index contributed by atoms with van der Waals surface area (Å²) in [6, 6.07) is 9.78. The van der Waals surface area contributed by atoms with Crippen molar-refractivity contribution in [3.8, 4) is 11.6 Å². The highest BCUT2D eigenvalue weighted by molar-refractivity contribution is 6.31. The fourth-order valence-electron chi connectivity index (χ4n) is 2.80. The minimum absolute atomic E-state index is 0.209. The first kappa shape index (κ1) is 19.6. The van der Waals surface area contributed by atoms with E-state index in [2.05, 4.69) is 15.5 Å². The summed E-state index contributed by atoms with van der Waals surface area (Å²) in [5, 5.41) is 11.9. The van der Waals surface area contributed by atoms with Crippen LogP contribution >= 0.6 is 11.6 Å². The van der Waals surface area contributed by atoms with Crippen LogP contribution in [0.3, 0.4) is 0 Å². The smallest absolute Gasteiger partial charge is 0.266 e. The number of ether oxygens (including phenoxy) is 1. The molecule has 2 aromatic heterocycles. The number of methoxy groups -OCH3 is 1. The Labute approximate surface area is 166 Å². The molecule has 2 heterocycles. The molecule has 0 fully saturated rings. The first-order chi connectivity index (χ1) is 13.4. The van der Waals surface area contributed by atoms with Crippen LogP contribution in [0.2, 0.25) is 5.02 Å². The third kappa shape index (κ3) is 4.23. The molecule has 0 spiro atoms. The van der Waals surface area contributed by atoms with Crippen LogP contribution in [-0.4, -0.2) is 39.1 Å². The quantitative estimate of drug-likeness (QED) is 0.683. The van der Waals surface area contributed by atoms with Crippen molar-refractivity contribution < 1.29 is 9.53 Å². The van der Waals surface area contributed by atoms with Crippen LogP contribution in [0.15, 0.2) is 41.2 Å². The first-order valence-corrected chi connectivity index (χ1v) is 9.00. The van der Waals surface area contributed by atoms with Gasteiger partial charge >= 0.3 is 0 Å². The lowest BCUT2D eigenvalue weighted by Crippen LogP contribution is -2.32. The number of nitrogens with zero attached hydrogens (tertiary/aromatic N) is 4. The van der Waals surface area contributed by atoms with Gasteiger partial charge in [-0.05, 0) is 44.2 Å². The molecule has 0 aliphatic carbocycles. The Kier molecular flexibility index (Phi) is 5.79. The van der Waals surface area contributed by atoms with Gasteiger partial charge in [0.1, 0.15) is 5.75 Å². The minimum atomic E-state index is -0.345. The standard InChI is InChI=1S/C19H20ClN5O3/c1-12-10-13(2)25(22-12)17-6-7-18(26)24(23-17)9-8-21-19(27)15-11-14(20)4-5-16(15)28-3/h4-7,10-11H,8-9H2,1-3H3,(H,21,27). The van der Waals surface area contributed by atoms with Crippen molar-refractivity contribution in [2.24, 2.45) is 0 Å². The van der Waals surface area contributed by atoms with Gasteiger partial charge in [0, 0.05) is 23.3 Å². The van der Waals surface area contributed by atoms with E-state index < -0.39 is 0 Å². The fourth-order valence-corrected chi connectivity index (χ4v) is 2.97. The molecule has 3 aromatic rings. The predicted octanol–water partition coefficient (Wildman–Crippen LogP) is 2.14. The highest BCUT2D eigenvalue weighted by Gasteiger charge is 2.13. The van der Waals surface area contributed by atoms with Gasteiger partial charge in [-0.15, -0.1) is 5.10 Å². The Hall–Kier alpha value is -3.13. The number of aryl methyl sites for hydroxylation is 2. The van der Waals surface area contributed by atoms with Crippen molar-refractivity contribution in [2.75, 3.05) is 13.7 Å². The number of aromatic nitrogens is 4. The molecule has 0 bridgehead atoms. The number of halogens is 1. The van der Waals surface area contributed by atoms with Crippen molar-refractivity contribution in [3.05, 3.63) is 68.7 Å². The monoisotopic (exact) mass is 401 g/mol. The van der Waals surface area contributed by atoms with E-state index in [0.29, 0.717) is 22.2 Å². The Morgan fingerprint density at radius 1 is 1.18 bits per heavy atom. The number of nitrogens with one attached hydrogen (secondary N) is 1. The SMILES string of the molecule is COc1ccc(Cl)cc1C(=O)NCCn1nc(-n2nc(C)cc2C)ccc1=O. The van der Waals surface area contributed by atoms with E-state index in [-0.39, 0.29) is 24.6 Å². The van der Waals surface area contributed by atoms with E-state index in [1.807, 2.05) is 19.9 Å². The number of hydrogen-bond donors (Lipinski definition) is 1. The zero-order chi connectivity index (χ0) is 20.3. The maximum atomic E-state index is 12.4. The zero-order valence-electron chi connectivity index (χ0n) is 15.8. The number of amides is 1. The Balaban J connectivity index is 1.72. The van der Waals surface area contributed by atoms with Crippen LogP contribution in [0.25, 0.3) is 5.82 Å². The summed E-state index contributed by atoms with van der Waals surface area (Å²) >= 11 is 5.96. The molecule has 8 nitrogen and oxygen atoms in total. The van der Waals surface area contributed by atoms with Gasteiger partial charge in [0.15, 0.2) is 5.82 Å². The summed E-state index contributed by atoms with van der Waals surface area (Å²) in [5.41, 5.74) is 1.84. The number of carbonyl (C=O) groups is 1. The summed E-state index contributed by atoms with van der Waals surface area (Å²) in [5.74, 6) is 0.610. The minimum Gasteiger partial charge on any atom is -0.496 e. The normalized spacial score (nSPS) is 10.7. The van der Waals surface area contributed by atoms with Gasteiger partial charge < -0.3 is 10.1 Å². The molecular weight excluding hydrogens is 382 g/mol. The van der Waals surface area contributed by atoms with Crippen molar-refractivity contribution in [1.82, 2.24) is 24.9 Å². The summed E-state index contributed by atoms with van der Waals surface area (Å²) in [6.45, 7) is 4.22. The van der Waals surface area contributed by atoms with Crippen LogP contribution in [0.5, 0.6) is 5.75 Å². The molecule has 0 saturated heterocycles. The molecule has 28 heavy (non-hydrogen) atoms. The third-order valence-electron chi connectivity index (χ3n) is 4.09. The maximum Gasteiger partial charge on any atom is 0.266 e. The van der Waals surface area contributed by atoms with Gasteiger partial charge in [-0.3, -0.25) is 9.59 Å². The molecule has 1 N–H and O–H groups in total. The molecule has 146 valence electrons. The first-order valence-electron chi connectivity index (χ1n) is 8.62. The van der Waals surface area contributed by atoms with Crippen LogP contribution < -0.4 is 15.6 Å². The molecule has 1 aromatic carbocycles. The second-order valence-electron chi connectivity index (χ2n) is 6.19.